The van der Waals surface area contributed by atoms with Crippen molar-refractivity contribution in [2.45, 2.75) is 6.29 Å². The van der Waals surface area contributed by atoms with Gasteiger partial charge < -0.3 is 14.5 Å². The summed E-state index contributed by atoms with van der Waals surface area (Å²) in [5, 5.41) is 9.49. The fourth-order valence-corrected chi connectivity index (χ4v) is 11.4. The van der Waals surface area contributed by atoms with Gasteiger partial charge in [0.05, 0.1) is 27.6 Å². The summed E-state index contributed by atoms with van der Waals surface area (Å²) >= 11 is 0. The molecule has 0 spiro atoms. The van der Waals surface area contributed by atoms with E-state index in [1.165, 1.54) is 5.39 Å². The molecule has 1 aliphatic heterocycles. The minimum atomic E-state index is -0.449. The monoisotopic (exact) mass is 948 g/mol. The molecule has 4 aromatic heterocycles. The van der Waals surface area contributed by atoms with Gasteiger partial charge in [0.25, 0.3) is 0 Å². The SMILES string of the molecule is c1ccc(C2=NC(n3c4ccccc4c4cc(-c5ccc6c(c5)c5ccc7c8c(nc(-c9ccccc9)n8-c8ccccc8)n(-c8ccccc8)c7c5n6-c5ccccc5)ccc43)NC(c3ccccc3)=N2)cc1. The zero-order valence-electron chi connectivity index (χ0n) is 40.0. The van der Waals surface area contributed by atoms with Gasteiger partial charge in [0, 0.05) is 60.7 Å². The first-order chi connectivity index (χ1) is 36.7. The van der Waals surface area contributed by atoms with E-state index in [9.17, 15) is 0 Å². The van der Waals surface area contributed by atoms with E-state index in [1.54, 1.807) is 0 Å². The van der Waals surface area contributed by atoms with E-state index in [-0.39, 0.29) is 0 Å². The third kappa shape index (κ3) is 6.51. The van der Waals surface area contributed by atoms with Crippen molar-refractivity contribution in [1.29, 1.82) is 0 Å². The van der Waals surface area contributed by atoms with Crippen molar-refractivity contribution in [3.63, 3.8) is 0 Å². The lowest BCUT2D eigenvalue weighted by atomic mass is 10.0. The average Bonchev–Trinajstić information content (AvgIpc) is 4.23. The van der Waals surface area contributed by atoms with E-state index in [0.29, 0.717) is 5.84 Å². The van der Waals surface area contributed by atoms with Crippen molar-refractivity contribution in [2.24, 2.45) is 9.98 Å². The summed E-state index contributed by atoms with van der Waals surface area (Å²) in [6, 6.07) is 90.3. The van der Waals surface area contributed by atoms with Crippen molar-refractivity contribution in [3.8, 4) is 39.6 Å². The van der Waals surface area contributed by atoms with Crippen LogP contribution in [0.2, 0.25) is 0 Å². The minimum absolute atomic E-state index is 0.449. The number of aromatic nitrogens is 5. The van der Waals surface area contributed by atoms with E-state index in [0.717, 1.165) is 117 Å². The number of fused-ring (bicyclic) bond motifs is 10. The molecular formula is C66H44N8. The summed E-state index contributed by atoms with van der Waals surface area (Å²) in [4.78, 5) is 16.0. The predicted octanol–water partition coefficient (Wildman–Crippen LogP) is 15.5. The Kier molecular flexibility index (Phi) is 9.46. The van der Waals surface area contributed by atoms with Gasteiger partial charge in [-0.15, -0.1) is 0 Å². The minimum Gasteiger partial charge on any atom is -0.331 e. The van der Waals surface area contributed by atoms with Crippen LogP contribution >= 0.6 is 0 Å². The summed E-state index contributed by atoms with van der Waals surface area (Å²) in [6.45, 7) is 0. The van der Waals surface area contributed by atoms with Gasteiger partial charge in [-0.25, -0.2) is 15.0 Å². The number of hydrogen-bond acceptors (Lipinski definition) is 4. The average molecular weight is 949 g/mol. The topological polar surface area (TPSA) is 69.4 Å². The molecule has 1 aliphatic rings. The molecule has 0 bridgehead atoms. The Morgan fingerprint density at radius 2 is 0.824 bits per heavy atom. The molecule has 1 N–H and O–H groups in total. The maximum atomic E-state index is 5.60. The number of aliphatic imine (C=N–C) groups is 2. The van der Waals surface area contributed by atoms with Crippen LogP contribution in [0.3, 0.4) is 0 Å². The highest BCUT2D eigenvalue weighted by Gasteiger charge is 2.28. The van der Waals surface area contributed by atoms with Crippen LogP contribution in [-0.4, -0.2) is 34.9 Å². The Bertz CT molecular complexity index is 4530. The first kappa shape index (κ1) is 41.7. The second kappa shape index (κ2) is 16.8. The summed E-state index contributed by atoms with van der Waals surface area (Å²) in [7, 11) is 0. The third-order valence-electron chi connectivity index (χ3n) is 14.6. The van der Waals surface area contributed by atoms with Crippen LogP contribution in [0.5, 0.6) is 0 Å². The number of rotatable bonds is 8. The highest BCUT2D eigenvalue weighted by molar-refractivity contribution is 6.24. The molecular weight excluding hydrogens is 905 g/mol. The van der Waals surface area contributed by atoms with Gasteiger partial charge in [-0.05, 0) is 83.9 Å². The predicted molar refractivity (Wildman–Crippen MR) is 304 cm³/mol. The Balaban J connectivity index is 0.953. The molecule has 348 valence electrons. The number of nitrogens with zero attached hydrogens (tertiary/aromatic N) is 7. The van der Waals surface area contributed by atoms with Gasteiger partial charge in [0.15, 0.2) is 11.5 Å². The molecule has 1 unspecified atom stereocenters. The van der Waals surface area contributed by atoms with Crippen LogP contribution in [0.25, 0.3) is 105 Å². The van der Waals surface area contributed by atoms with Crippen LogP contribution in [-0.2, 0) is 0 Å². The molecule has 14 aromatic rings. The molecule has 5 heterocycles. The smallest absolute Gasteiger partial charge is 0.204 e. The quantitative estimate of drug-likeness (QED) is 0.165. The fourth-order valence-electron chi connectivity index (χ4n) is 11.4. The highest BCUT2D eigenvalue weighted by atomic mass is 15.3. The fraction of sp³-hybridized carbons (Fsp3) is 0.0152. The number of hydrogen-bond donors (Lipinski definition) is 1. The number of amidine groups is 2. The lowest BCUT2D eigenvalue weighted by molar-refractivity contribution is 0.516. The lowest BCUT2D eigenvalue weighted by Gasteiger charge is -2.25. The molecule has 10 aromatic carbocycles. The van der Waals surface area contributed by atoms with Crippen molar-refractivity contribution >= 4 is 77.3 Å². The molecule has 0 saturated carbocycles. The van der Waals surface area contributed by atoms with Crippen LogP contribution in [0.15, 0.2) is 265 Å². The van der Waals surface area contributed by atoms with Crippen molar-refractivity contribution < 1.29 is 0 Å². The Hall–Kier alpha value is -10.1. The second-order valence-electron chi connectivity index (χ2n) is 18.9. The van der Waals surface area contributed by atoms with Crippen molar-refractivity contribution in [2.75, 3.05) is 0 Å². The Morgan fingerprint density at radius 1 is 0.338 bits per heavy atom. The summed E-state index contributed by atoms with van der Waals surface area (Å²) in [6.07, 6.45) is -0.449. The van der Waals surface area contributed by atoms with Gasteiger partial charge in [-0.2, -0.15) is 0 Å². The third-order valence-corrected chi connectivity index (χ3v) is 14.6. The summed E-state index contributed by atoms with van der Waals surface area (Å²) in [5.41, 5.74) is 16.0. The Morgan fingerprint density at radius 3 is 1.47 bits per heavy atom. The van der Waals surface area contributed by atoms with Crippen molar-refractivity contribution in [1.82, 2.24) is 28.6 Å². The summed E-state index contributed by atoms with van der Waals surface area (Å²) in [5.74, 6) is 2.37. The van der Waals surface area contributed by atoms with E-state index in [2.05, 4.69) is 242 Å². The molecule has 0 amide bonds. The van der Waals surface area contributed by atoms with Crippen LogP contribution in [0.1, 0.15) is 17.4 Å². The van der Waals surface area contributed by atoms with Gasteiger partial charge >= 0.3 is 0 Å². The number of para-hydroxylation sites is 4. The number of imidazole rings is 1. The van der Waals surface area contributed by atoms with E-state index in [1.807, 2.05) is 36.4 Å². The van der Waals surface area contributed by atoms with Gasteiger partial charge in [0.2, 0.25) is 6.29 Å². The highest BCUT2D eigenvalue weighted by Crippen LogP contribution is 2.45. The molecule has 15 rings (SSSR count). The van der Waals surface area contributed by atoms with Crippen LogP contribution < -0.4 is 5.32 Å². The van der Waals surface area contributed by atoms with Crippen molar-refractivity contribution in [3.05, 3.63) is 266 Å². The molecule has 74 heavy (non-hydrogen) atoms. The van der Waals surface area contributed by atoms with Gasteiger partial charge in [-0.1, -0.05) is 182 Å². The first-order valence-corrected chi connectivity index (χ1v) is 25.1. The Labute approximate surface area is 425 Å². The molecule has 8 nitrogen and oxygen atoms in total. The van der Waals surface area contributed by atoms with E-state index >= 15 is 0 Å². The maximum absolute atomic E-state index is 5.60. The zero-order valence-corrected chi connectivity index (χ0v) is 40.0. The molecule has 0 aliphatic carbocycles. The summed E-state index contributed by atoms with van der Waals surface area (Å²) < 4.78 is 9.49. The molecule has 0 saturated heterocycles. The standard InChI is InChI=1S/C66H44N8/c1-7-21-43(22-8-1)62-67-63(44-23-9-2-10-24-44)69-66(68-62)74-56-34-20-19-33-51(56)54-41-46(36-40-58(54)74)47-35-39-57-55(42-47)52-37-38-53-60(59(52)71(57)48-27-13-4-14-28-48)72(49-29-15-5-16-30-49)65-61(53)73(50-31-17-6-18-32-50)64(70-65)45-25-11-3-12-26-45/h1-42,66H,(H,67,68,69). The largest absolute Gasteiger partial charge is 0.331 e. The molecule has 1 atom stereocenters. The van der Waals surface area contributed by atoms with E-state index in [4.69, 9.17) is 15.0 Å². The molecule has 8 heteroatoms. The number of benzene rings is 10. The first-order valence-electron chi connectivity index (χ1n) is 25.1. The van der Waals surface area contributed by atoms with E-state index < -0.39 is 6.29 Å². The normalized spacial score (nSPS) is 13.8. The zero-order chi connectivity index (χ0) is 48.7. The van der Waals surface area contributed by atoms with Crippen LogP contribution in [0.4, 0.5) is 0 Å². The number of nitrogens with one attached hydrogen (secondary N) is 1. The van der Waals surface area contributed by atoms with Crippen LogP contribution in [0, 0.1) is 0 Å². The molecule has 0 fully saturated rings. The van der Waals surface area contributed by atoms with Gasteiger partial charge in [-0.3, -0.25) is 9.13 Å². The lowest BCUT2D eigenvalue weighted by Crippen LogP contribution is -2.36. The molecule has 0 radical (unpaired) electrons. The maximum Gasteiger partial charge on any atom is 0.204 e. The van der Waals surface area contributed by atoms with Gasteiger partial charge in [0.1, 0.15) is 17.2 Å². The second-order valence-corrected chi connectivity index (χ2v) is 18.9.